The molecule has 0 radical (unpaired) electrons. The Hall–Kier alpha value is -1.56. The second-order valence-electron chi connectivity index (χ2n) is 6.25. The lowest BCUT2D eigenvalue weighted by atomic mass is 10.1. The van der Waals surface area contributed by atoms with Gasteiger partial charge < -0.3 is 15.4 Å². The molecule has 2 aromatic rings. The molecule has 0 aliphatic carbocycles. The van der Waals surface area contributed by atoms with Crippen molar-refractivity contribution in [1.29, 1.82) is 0 Å². The number of likely N-dealkylation sites (tertiary alicyclic amines) is 1. The van der Waals surface area contributed by atoms with Crippen LogP contribution in [0.25, 0.3) is 10.4 Å². The molecule has 2 heterocycles. The van der Waals surface area contributed by atoms with Crippen LogP contribution in [0.5, 0.6) is 5.75 Å². The van der Waals surface area contributed by atoms with Crippen LogP contribution in [0.3, 0.4) is 0 Å². The van der Waals surface area contributed by atoms with Crippen molar-refractivity contribution in [2.24, 2.45) is 11.7 Å². The van der Waals surface area contributed by atoms with Crippen molar-refractivity contribution in [3.63, 3.8) is 0 Å². The molecule has 25 heavy (non-hydrogen) atoms. The number of ether oxygens (including phenoxy) is 1. The summed E-state index contributed by atoms with van der Waals surface area (Å²) in [5.74, 6) is 1.15. The van der Waals surface area contributed by atoms with Gasteiger partial charge >= 0.3 is 0 Å². The molecule has 0 bridgehead atoms. The average molecular weight is 381 g/mol. The Balaban J connectivity index is 0.00000225. The Morgan fingerprint density at radius 2 is 2.08 bits per heavy atom. The van der Waals surface area contributed by atoms with Crippen LogP contribution in [0.2, 0.25) is 0 Å². The molecule has 2 N–H and O–H groups in total. The van der Waals surface area contributed by atoms with E-state index in [-0.39, 0.29) is 24.4 Å². The van der Waals surface area contributed by atoms with E-state index in [1.165, 1.54) is 11.3 Å². The SMILES string of the molecule is CCOc1cc(-c2ccccc2)sc1C(=O)N1CC(CN)CC1C.Cl. The van der Waals surface area contributed by atoms with E-state index >= 15 is 0 Å². The number of hydrogen-bond donors (Lipinski definition) is 1. The molecule has 136 valence electrons. The van der Waals surface area contributed by atoms with Crippen molar-refractivity contribution in [3.8, 4) is 16.2 Å². The van der Waals surface area contributed by atoms with Crippen molar-refractivity contribution >= 4 is 29.7 Å². The summed E-state index contributed by atoms with van der Waals surface area (Å²) in [5.41, 5.74) is 6.90. The fourth-order valence-electron chi connectivity index (χ4n) is 3.26. The van der Waals surface area contributed by atoms with E-state index in [0.717, 1.165) is 23.4 Å². The summed E-state index contributed by atoms with van der Waals surface area (Å²) >= 11 is 1.51. The highest BCUT2D eigenvalue weighted by Crippen LogP contribution is 2.38. The first-order valence-corrected chi connectivity index (χ1v) is 9.28. The summed E-state index contributed by atoms with van der Waals surface area (Å²) in [5, 5.41) is 0. The summed E-state index contributed by atoms with van der Waals surface area (Å²) in [4.78, 5) is 16.8. The molecule has 1 aliphatic heterocycles. The molecule has 3 rings (SSSR count). The van der Waals surface area contributed by atoms with E-state index in [1.54, 1.807) is 0 Å². The maximum absolute atomic E-state index is 13.1. The van der Waals surface area contributed by atoms with Gasteiger partial charge in [-0.3, -0.25) is 4.79 Å². The van der Waals surface area contributed by atoms with Crippen LogP contribution in [0.1, 0.15) is 29.9 Å². The summed E-state index contributed by atoms with van der Waals surface area (Å²) in [6.45, 7) is 5.95. The number of carbonyl (C=O) groups excluding carboxylic acids is 1. The van der Waals surface area contributed by atoms with Gasteiger partial charge in [0.25, 0.3) is 5.91 Å². The predicted octanol–water partition coefficient (Wildman–Crippen LogP) is 4.04. The smallest absolute Gasteiger partial charge is 0.268 e. The minimum atomic E-state index is 0. The van der Waals surface area contributed by atoms with Crippen LogP contribution < -0.4 is 10.5 Å². The number of benzene rings is 1. The number of rotatable bonds is 5. The third-order valence-corrected chi connectivity index (χ3v) is 5.66. The van der Waals surface area contributed by atoms with Crippen LogP contribution in [0.15, 0.2) is 36.4 Å². The van der Waals surface area contributed by atoms with Gasteiger partial charge in [0.2, 0.25) is 0 Å². The van der Waals surface area contributed by atoms with E-state index in [2.05, 4.69) is 19.1 Å². The standard InChI is InChI=1S/C19H24N2O2S.ClH/c1-3-23-16-10-17(15-7-5-4-6-8-15)24-18(16)19(22)21-12-14(11-20)9-13(21)2;/h4-8,10,13-14H,3,9,11-12,20H2,1-2H3;1H. The zero-order valence-corrected chi connectivity index (χ0v) is 16.2. The zero-order chi connectivity index (χ0) is 17.1. The number of hydrogen-bond acceptors (Lipinski definition) is 4. The lowest BCUT2D eigenvalue weighted by Gasteiger charge is -2.21. The molecule has 1 amide bonds. The number of amides is 1. The van der Waals surface area contributed by atoms with Gasteiger partial charge in [0, 0.05) is 17.5 Å². The first-order valence-electron chi connectivity index (χ1n) is 8.47. The van der Waals surface area contributed by atoms with E-state index < -0.39 is 0 Å². The molecule has 6 heteroatoms. The van der Waals surface area contributed by atoms with E-state index in [1.807, 2.05) is 36.1 Å². The average Bonchev–Trinajstić information content (AvgIpc) is 3.19. The molecule has 1 aliphatic rings. The van der Waals surface area contributed by atoms with E-state index in [9.17, 15) is 4.79 Å². The molecule has 1 fully saturated rings. The van der Waals surface area contributed by atoms with Crippen LogP contribution in [0, 0.1) is 5.92 Å². The van der Waals surface area contributed by atoms with E-state index in [0.29, 0.717) is 29.7 Å². The van der Waals surface area contributed by atoms with Gasteiger partial charge in [-0.1, -0.05) is 30.3 Å². The van der Waals surface area contributed by atoms with Crippen LogP contribution in [0.4, 0.5) is 0 Å². The van der Waals surface area contributed by atoms with Gasteiger partial charge in [-0.2, -0.15) is 0 Å². The minimum Gasteiger partial charge on any atom is -0.492 e. The minimum absolute atomic E-state index is 0. The van der Waals surface area contributed by atoms with Crippen LogP contribution >= 0.6 is 23.7 Å². The molecule has 4 nitrogen and oxygen atoms in total. The van der Waals surface area contributed by atoms with Gasteiger partial charge in [-0.05, 0) is 44.4 Å². The highest BCUT2D eigenvalue weighted by molar-refractivity contribution is 7.17. The second-order valence-corrected chi connectivity index (χ2v) is 7.30. The number of halogens is 1. The molecular weight excluding hydrogens is 356 g/mol. The Bertz CT molecular complexity index is 705. The van der Waals surface area contributed by atoms with E-state index in [4.69, 9.17) is 10.5 Å². The fourth-order valence-corrected chi connectivity index (χ4v) is 4.32. The summed E-state index contributed by atoms with van der Waals surface area (Å²) in [6.07, 6.45) is 0.975. The third-order valence-electron chi connectivity index (χ3n) is 4.51. The Kier molecular flexibility index (Phi) is 6.87. The van der Waals surface area contributed by atoms with Gasteiger partial charge in [0.15, 0.2) is 0 Å². The predicted molar refractivity (Wildman–Crippen MR) is 106 cm³/mol. The lowest BCUT2D eigenvalue weighted by Crippen LogP contribution is -2.34. The highest BCUT2D eigenvalue weighted by Gasteiger charge is 2.34. The molecule has 1 aromatic heterocycles. The second kappa shape index (κ2) is 8.70. The molecular formula is C19H25ClN2O2S. The van der Waals surface area contributed by atoms with Crippen molar-refractivity contribution in [1.82, 2.24) is 4.90 Å². The summed E-state index contributed by atoms with van der Waals surface area (Å²) < 4.78 is 5.75. The van der Waals surface area contributed by atoms with Crippen LogP contribution in [-0.2, 0) is 0 Å². The van der Waals surface area contributed by atoms with Crippen molar-refractivity contribution < 1.29 is 9.53 Å². The van der Waals surface area contributed by atoms with Crippen molar-refractivity contribution in [2.75, 3.05) is 19.7 Å². The van der Waals surface area contributed by atoms with Gasteiger partial charge in [-0.25, -0.2) is 0 Å². The Morgan fingerprint density at radius 1 is 1.36 bits per heavy atom. The molecule has 2 unspecified atom stereocenters. The molecule has 2 atom stereocenters. The van der Waals surface area contributed by atoms with Crippen molar-refractivity contribution in [3.05, 3.63) is 41.3 Å². The number of nitrogens with two attached hydrogens (primary N) is 1. The molecule has 0 saturated carbocycles. The molecule has 1 aromatic carbocycles. The maximum Gasteiger partial charge on any atom is 0.268 e. The zero-order valence-electron chi connectivity index (χ0n) is 14.6. The topological polar surface area (TPSA) is 55.6 Å². The van der Waals surface area contributed by atoms with Gasteiger partial charge in [0.1, 0.15) is 10.6 Å². The fraction of sp³-hybridized carbons (Fsp3) is 0.421. The first-order chi connectivity index (χ1) is 11.6. The van der Waals surface area contributed by atoms with Gasteiger partial charge in [-0.15, -0.1) is 23.7 Å². The lowest BCUT2D eigenvalue weighted by molar-refractivity contribution is 0.0744. The number of carbonyl (C=O) groups is 1. The quantitative estimate of drug-likeness (QED) is 0.851. The maximum atomic E-state index is 13.1. The number of thiophene rings is 1. The largest absolute Gasteiger partial charge is 0.492 e. The summed E-state index contributed by atoms with van der Waals surface area (Å²) in [6, 6.07) is 12.3. The first kappa shape index (κ1) is 19.8. The number of nitrogens with zero attached hydrogens (tertiary/aromatic N) is 1. The summed E-state index contributed by atoms with van der Waals surface area (Å²) in [7, 11) is 0. The highest BCUT2D eigenvalue weighted by atomic mass is 35.5. The Morgan fingerprint density at radius 3 is 2.68 bits per heavy atom. The van der Waals surface area contributed by atoms with Crippen LogP contribution in [-0.4, -0.2) is 36.5 Å². The molecule has 1 saturated heterocycles. The van der Waals surface area contributed by atoms with Crippen molar-refractivity contribution in [2.45, 2.75) is 26.3 Å². The monoisotopic (exact) mass is 380 g/mol. The Labute approximate surface area is 159 Å². The molecule has 0 spiro atoms. The van der Waals surface area contributed by atoms with Gasteiger partial charge in [0.05, 0.1) is 6.61 Å². The normalized spacial score (nSPS) is 19.6. The third kappa shape index (κ3) is 4.17.